The molecule has 0 saturated carbocycles. The third-order valence-corrected chi connectivity index (χ3v) is 1.24. The lowest BCUT2D eigenvalue weighted by atomic mass is 10.2. The summed E-state index contributed by atoms with van der Waals surface area (Å²) in [5.41, 5.74) is 0. The normalized spacial score (nSPS) is 47.6. The molecular formula is C5H9FO2. The third-order valence-electron chi connectivity index (χ3n) is 1.24. The quantitative estimate of drug-likeness (QED) is 0.503. The van der Waals surface area contributed by atoms with E-state index in [9.17, 15) is 4.39 Å². The van der Waals surface area contributed by atoms with Crippen molar-refractivity contribution in [2.24, 2.45) is 0 Å². The molecule has 3 heteroatoms. The Balaban J connectivity index is 2.39. The number of halogens is 1. The molecule has 1 heterocycles. The summed E-state index contributed by atoms with van der Waals surface area (Å²) >= 11 is 0. The van der Waals surface area contributed by atoms with Gasteiger partial charge >= 0.3 is 0 Å². The van der Waals surface area contributed by atoms with Crippen LogP contribution >= 0.6 is 0 Å². The highest BCUT2D eigenvalue weighted by Gasteiger charge is 2.30. The van der Waals surface area contributed by atoms with Crippen LogP contribution < -0.4 is 0 Å². The first-order valence-corrected chi connectivity index (χ1v) is 2.68. The van der Waals surface area contributed by atoms with Gasteiger partial charge in [0, 0.05) is 6.42 Å². The minimum absolute atomic E-state index is 0.125. The average Bonchev–Trinajstić information content (AvgIpc) is 1.85. The predicted octanol–water partition coefficient (Wildman–Crippen LogP) is 0.452. The Morgan fingerprint density at radius 3 is 2.50 bits per heavy atom. The van der Waals surface area contributed by atoms with E-state index in [1.54, 1.807) is 6.92 Å². The van der Waals surface area contributed by atoms with Crippen LogP contribution in [0.2, 0.25) is 0 Å². The summed E-state index contributed by atoms with van der Waals surface area (Å²) < 4.78 is 16.8. The Morgan fingerprint density at radius 1 is 1.75 bits per heavy atom. The number of aliphatic hydroxyl groups is 1. The molecule has 0 bridgehead atoms. The van der Waals surface area contributed by atoms with E-state index in [2.05, 4.69) is 4.74 Å². The number of aliphatic hydroxyl groups excluding tert-OH is 1. The Kier molecular flexibility index (Phi) is 1.49. The Hall–Kier alpha value is -0.150. The second kappa shape index (κ2) is 1.99. The van der Waals surface area contributed by atoms with E-state index in [0.29, 0.717) is 6.42 Å². The largest absolute Gasteiger partial charge is 0.366 e. The topological polar surface area (TPSA) is 29.5 Å². The number of alkyl halides is 1. The van der Waals surface area contributed by atoms with E-state index in [0.717, 1.165) is 0 Å². The zero-order valence-corrected chi connectivity index (χ0v) is 4.67. The molecule has 0 aromatic rings. The summed E-state index contributed by atoms with van der Waals surface area (Å²) in [6.07, 6.45) is -2.16. The average molecular weight is 120 g/mol. The summed E-state index contributed by atoms with van der Waals surface area (Å²) in [6.45, 7) is 1.74. The predicted molar refractivity (Wildman–Crippen MR) is 26.1 cm³/mol. The van der Waals surface area contributed by atoms with Gasteiger partial charge in [-0.15, -0.1) is 0 Å². The maximum atomic E-state index is 12.2. The number of ether oxygens (including phenoxy) is 1. The van der Waals surface area contributed by atoms with Crippen molar-refractivity contribution in [2.75, 3.05) is 0 Å². The van der Waals surface area contributed by atoms with E-state index < -0.39 is 12.5 Å². The van der Waals surface area contributed by atoms with Crippen LogP contribution in [0.1, 0.15) is 13.3 Å². The number of hydrogen-bond donors (Lipinski definition) is 1. The van der Waals surface area contributed by atoms with Gasteiger partial charge in [-0.25, -0.2) is 4.39 Å². The fourth-order valence-corrected chi connectivity index (χ4v) is 0.812. The molecule has 0 unspecified atom stereocenters. The molecule has 3 atom stereocenters. The van der Waals surface area contributed by atoms with Crippen molar-refractivity contribution < 1.29 is 14.2 Å². The van der Waals surface area contributed by atoms with Gasteiger partial charge < -0.3 is 9.84 Å². The minimum atomic E-state index is -1.18. The van der Waals surface area contributed by atoms with Crippen LogP contribution in [-0.2, 0) is 4.74 Å². The fourth-order valence-electron chi connectivity index (χ4n) is 0.812. The summed E-state index contributed by atoms with van der Waals surface area (Å²) in [4.78, 5) is 0. The van der Waals surface area contributed by atoms with Crippen molar-refractivity contribution >= 4 is 0 Å². The Labute approximate surface area is 47.3 Å². The standard InChI is InChI=1S/C5H9FO2/c1-3-2-4(6)5(7)8-3/h3-5,7H,2H2,1H3/t3-,4-,5-/m1/s1. The van der Waals surface area contributed by atoms with Crippen LogP contribution in [0.25, 0.3) is 0 Å². The van der Waals surface area contributed by atoms with Crippen molar-refractivity contribution in [1.82, 2.24) is 0 Å². The van der Waals surface area contributed by atoms with Crippen LogP contribution in [-0.4, -0.2) is 23.7 Å². The number of hydrogen-bond acceptors (Lipinski definition) is 2. The van der Waals surface area contributed by atoms with Gasteiger partial charge in [-0.3, -0.25) is 0 Å². The molecule has 2 nitrogen and oxygen atoms in total. The van der Waals surface area contributed by atoms with Gasteiger partial charge in [0.1, 0.15) is 0 Å². The van der Waals surface area contributed by atoms with Crippen molar-refractivity contribution in [3.8, 4) is 0 Å². The highest BCUT2D eigenvalue weighted by molar-refractivity contribution is 4.71. The smallest absolute Gasteiger partial charge is 0.186 e. The maximum absolute atomic E-state index is 12.2. The van der Waals surface area contributed by atoms with Crippen molar-refractivity contribution in [1.29, 1.82) is 0 Å². The molecule has 8 heavy (non-hydrogen) atoms. The molecule has 1 N–H and O–H groups in total. The van der Waals surface area contributed by atoms with Gasteiger partial charge in [0.25, 0.3) is 0 Å². The molecule has 0 aromatic heterocycles. The first-order chi connectivity index (χ1) is 3.70. The van der Waals surface area contributed by atoms with Gasteiger partial charge in [0.2, 0.25) is 0 Å². The van der Waals surface area contributed by atoms with Crippen LogP contribution in [0.15, 0.2) is 0 Å². The van der Waals surface area contributed by atoms with Crippen molar-refractivity contribution in [3.63, 3.8) is 0 Å². The van der Waals surface area contributed by atoms with E-state index >= 15 is 0 Å². The molecule has 0 aliphatic carbocycles. The highest BCUT2D eigenvalue weighted by Crippen LogP contribution is 2.20. The van der Waals surface area contributed by atoms with Crippen LogP contribution in [0.3, 0.4) is 0 Å². The zero-order valence-electron chi connectivity index (χ0n) is 4.67. The molecule has 0 amide bonds. The van der Waals surface area contributed by atoms with Gasteiger partial charge in [-0.05, 0) is 6.92 Å². The summed E-state index contributed by atoms with van der Waals surface area (Å²) in [5, 5.41) is 8.57. The van der Waals surface area contributed by atoms with E-state index in [-0.39, 0.29) is 6.10 Å². The Morgan fingerprint density at radius 2 is 2.38 bits per heavy atom. The van der Waals surface area contributed by atoms with Gasteiger partial charge in [-0.2, -0.15) is 0 Å². The summed E-state index contributed by atoms with van der Waals surface area (Å²) in [7, 11) is 0. The third kappa shape index (κ3) is 0.980. The summed E-state index contributed by atoms with van der Waals surface area (Å²) in [6, 6.07) is 0. The fraction of sp³-hybridized carbons (Fsp3) is 1.00. The molecule has 0 spiro atoms. The van der Waals surface area contributed by atoms with Gasteiger partial charge in [0.15, 0.2) is 12.5 Å². The first-order valence-electron chi connectivity index (χ1n) is 2.68. The molecule has 1 aliphatic heterocycles. The molecule has 1 saturated heterocycles. The monoisotopic (exact) mass is 120 g/mol. The molecule has 0 aromatic carbocycles. The van der Waals surface area contributed by atoms with Gasteiger partial charge in [-0.1, -0.05) is 0 Å². The molecule has 1 aliphatic rings. The zero-order chi connectivity index (χ0) is 6.15. The van der Waals surface area contributed by atoms with Gasteiger partial charge in [0.05, 0.1) is 6.10 Å². The van der Waals surface area contributed by atoms with Crippen LogP contribution in [0.4, 0.5) is 4.39 Å². The van der Waals surface area contributed by atoms with Crippen molar-refractivity contribution in [3.05, 3.63) is 0 Å². The van der Waals surface area contributed by atoms with Crippen molar-refractivity contribution in [2.45, 2.75) is 31.9 Å². The van der Waals surface area contributed by atoms with E-state index in [4.69, 9.17) is 5.11 Å². The molecule has 48 valence electrons. The first kappa shape index (κ1) is 5.98. The second-order valence-electron chi connectivity index (χ2n) is 2.09. The molecule has 1 fully saturated rings. The Bertz CT molecular complexity index is 76.5. The minimum Gasteiger partial charge on any atom is -0.366 e. The lowest BCUT2D eigenvalue weighted by Gasteiger charge is -2.01. The van der Waals surface area contributed by atoms with E-state index in [1.165, 1.54) is 0 Å². The maximum Gasteiger partial charge on any atom is 0.186 e. The SMILES string of the molecule is C[C@@H]1C[C@@H](F)[C@H](O)O1. The lowest BCUT2D eigenvalue weighted by Crippen LogP contribution is -2.14. The molecule has 1 rings (SSSR count). The van der Waals surface area contributed by atoms with E-state index in [1.807, 2.05) is 0 Å². The summed E-state index contributed by atoms with van der Waals surface area (Å²) in [5.74, 6) is 0. The lowest BCUT2D eigenvalue weighted by molar-refractivity contribution is -0.108. The number of rotatable bonds is 0. The molecule has 0 radical (unpaired) electrons. The highest BCUT2D eigenvalue weighted by atomic mass is 19.1. The second-order valence-corrected chi connectivity index (χ2v) is 2.09. The van der Waals surface area contributed by atoms with Crippen LogP contribution in [0.5, 0.6) is 0 Å². The van der Waals surface area contributed by atoms with Crippen LogP contribution in [0, 0.1) is 0 Å². The molecular weight excluding hydrogens is 111 g/mol.